The van der Waals surface area contributed by atoms with E-state index in [4.69, 9.17) is 0 Å². The van der Waals surface area contributed by atoms with Crippen molar-refractivity contribution in [3.8, 4) is 0 Å². The van der Waals surface area contributed by atoms with Crippen molar-refractivity contribution < 1.29 is 4.79 Å². The van der Waals surface area contributed by atoms with E-state index in [1.54, 1.807) is 21.9 Å². The summed E-state index contributed by atoms with van der Waals surface area (Å²) in [5, 5.41) is 3.05. The van der Waals surface area contributed by atoms with Crippen molar-refractivity contribution in [2.75, 3.05) is 4.90 Å². The van der Waals surface area contributed by atoms with E-state index in [1.807, 2.05) is 56.5 Å². The van der Waals surface area contributed by atoms with Gasteiger partial charge in [-0.1, -0.05) is 18.2 Å². The van der Waals surface area contributed by atoms with Crippen molar-refractivity contribution >= 4 is 39.0 Å². The van der Waals surface area contributed by atoms with Crippen LogP contribution in [0.1, 0.15) is 29.3 Å². The second-order valence-corrected chi connectivity index (χ2v) is 8.23. The fraction of sp³-hybridized carbons (Fsp3) is 0.217. The molecule has 2 aromatic heterocycles. The molecule has 2 heterocycles. The summed E-state index contributed by atoms with van der Waals surface area (Å²) < 4.78 is 1.55. The number of fused-ring (bicyclic) bond motifs is 1. The Balaban J connectivity index is 1.67. The second kappa shape index (κ2) is 7.84. The largest absolute Gasteiger partial charge is 0.293 e. The van der Waals surface area contributed by atoms with Crippen LogP contribution in [0.2, 0.25) is 0 Å². The van der Waals surface area contributed by atoms with Crippen LogP contribution < -0.4 is 10.5 Å². The Morgan fingerprint density at radius 1 is 1.10 bits per heavy atom. The highest BCUT2D eigenvalue weighted by molar-refractivity contribution is 7.14. The number of carbonyl (C=O) groups is 1. The zero-order chi connectivity index (χ0) is 21.4. The van der Waals surface area contributed by atoms with Gasteiger partial charge in [-0.15, -0.1) is 11.3 Å². The Kier molecular flexibility index (Phi) is 5.22. The van der Waals surface area contributed by atoms with E-state index in [-0.39, 0.29) is 11.5 Å². The zero-order valence-corrected chi connectivity index (χ0v) is 18.2. The van der Waals surface area contributed by atoms with Gasteiger partial charge in [0, 0.05) is 12.3 Å². The Labute approximate surface area is 178 Å². The zero-order valence-electron chi connectivity index (χ0n) is 17.3. The molecule has 30 heavy (non-hydrogen) atoms. The van der Waals surface area contributed by atoms with Crippen molar-refractivity contribution in [2.45, 2.75) is 34.2 Å². The molecule has 0 aliphatic carbocycles. The predicted octanol–water partition coefficient (Wildman–Crippen LogP) is 4.51. The molecule has 6 nitrogen and oxygen atoms in total. The number of amides is 1. The number of aromatic nitrogens is 3. The molecule has 0 aliphatic heterocycles. The fourth-order valence-electron chi connectivity index (χ4n) is 3.39. The van der Waals surface area contributed by atoms with E-state index >= 15 is 0 Å². The molecular formula is C23H22N4O2S. The predicted molar refractivity (Wildman–Crippen MR) is 121 cm³/mol. The van der Waals surface area contributed by atoms with Crippen LogP contribution in [-0.2, 0) is 11.3 Å². The van der Waals surface area contributed by atoms with Crippen LogP contribution >= 0.6 is 11.3 Å². The summed E-state index contributed by atoms with van der Waals surface area (Å²) >= 11 is 1.38. The Morgan fingerprint density at radius 2 is 1.90 bits per heavy atom. The van der Waals surface area contributed by atoms with Crippen LogP contribution in [0, 0.1) is 20.8 Å². The van der Waals surface area contributed by atoms with Crippen molar-refractivity contribution in [1.29, 1.82) is 0 Å². The molecule has 1 amide bonds. The molecule has 2 aromatic carbocycles. The average molecular weight is 419 g/mol. The standard InChI is InChI=1S/C23H22N4O2S/c1-14-8-9-19(10-16(14)3)27(17(4)28)23-25-18(12-30-23)11-26-13-24-21-15(2)6-5-7-20(21)22(26)29/h5-10,12-13H,11H2,1-4H3. The quantitative estimate of drug-likeness (QED) is 0.489. The number of anilines is 2. The van der Waals surface area contributed by atoms with Crippen molar-refractivity contribution in [3.63, 3.8) is 0 Å². The third kappa shape index (κ3) is 3.64. The molecule has 0 radical (unpaired) electrons. The van der Waals surface area contributed by atoms with Crippen LogP contribution in [0.3, 0.4) is 0 Å². The molecule has 0 spiro atoms. The smallest absolute Gasteiger partial charge is 0.261 e. The molecule has 0 aliphatic rings. The molecule has 0 saturated heterocycles. The Bertz CT molecular complexity index is 1320. The van der Waals surface area contributed by atoms with Gasteiger partial charge in [0.05, 0.1) is 35.2 Å². The molecule has 4 aromatic rings. The molecule has 0 atom stereocenters. The average Bonchev–Trinajstić information content (AvgIpc) is 3.15. The Morgan fingerprint density at radius 3 is 2.63 bits per heavy atom. The molecule has 0 bridgehead atoms. The van der Waals surface area contributed by atoms with Gasteiger partial charge < -0.3 is 0 Å². The number of thiazole rings is 1. The van der Waals surface area contributed by atoms with Crippen molar-refractivity contribution in [3.05, 3.63) is 80.8 Å². The molecule has 152 valence electrons. The van der Waals surface area contributed by atoms with Crippen LogP contribution in [0.4, 0.5) is 10.8 Å². The van der Waals surface area contributed by atoms with E-state index in [1.165, 1.54) is 23.8 Å². The van der Waals surface area contributed by atoms with Crippen LogP contribution in [0.15, 0.2) is 52.9 Å². The van der Waals surface area contributed by atoms with Crippen molar-refractivity contribution in [2.24, 2.45) is 0 Å². The summed E-state index contributed by atoms with van der Waals surface area (Å²) in [5.41, 5.74) is 5.36. The highest BCUT2D eigenvalue weighted by Gasteiger charge is 2.19. The van der Waals surface area contributed by atoms with Crippen LogP contribution in [0.5, 0.6) is 0 Å². The van der Waals surface area contributed by atoms with Crippen LogP contribution in [-0.4, -0.2) is 20.4 Å². The van der Waals surface area contributed by atoms with E-state index < -0.39 is 0 Å². The molecule has 0 fully saturated rings. The minimum absolute atomic E-state index is 0.101. The summed E-state index contributed by atoms with van der Waals surface area (Å²) in [5.74, 6) is -0.112. The third-order valence-electron chi connectivity index (χ3n) is 5.18. The summed E-state index contributed by atoms with van der Waals surface area (Å²) in [4.78, 5) is 35.9. The summed E-state index contributed by atoms with van der Waals surface area (Å²) in [6, 6.07) is 11.5. The lowest BCUT2D eigenvalue weighted by molar-refractivity contribution is -0.115. The lowest BCUT2D eigenvalue weighted by atomic mass is 10.1. The van der Waals surface area contributed by atoms with E-state index in [9.17, 15) is 9.59 Å². The third-order valence-corrected chi connectivity index (χ3v) is 6.06. The first-order chi connectivity index (χ1) is 14.3. The van der Waals surface area contributed by atoms with E-state index in [2.05, 4.69) is 9.97 Å². The van der Waals surface area contributed by atoms with E-state index in [0.717, 1.165) is 22.3 Å². The molecule has 0 saturated carbocycles. The first kappa shape index (κ1) is 20.0. The number of carbonyl (C=O) groups excluding carboxylic acids is 1. The summed E-state index contributed by atoms with van der Waals surface area (Å²) in [6.45, 7) is 7.82. The van der Waals surface area contributed by atoms with Gasteiger partial charge in [-0.3, -0.25) is 19.1 Å². The monoisotopic (exact) mass is 418 g/mol. The maximum Gasteiger partial charge on any atom is 0.261 e. The molecular weight excluding hydrogens is 396 g/mol. The van der Waals surface area contributed by atoms with Gasteiger partial charge in [0.2, 0.25) is 5.91 Å². The highest BCUT2D eigenvalue weighted by Crippen LogP contribution is 2.30. The van der Waals surface area contributed by atoms with Gasteiger partial charge in [-0.2, -0.15) is 0 Å². The highest BCUT2D eigenvalue weighted by atomic mass is 32.1. The fourth-order valence-corrected chi connectivity index (χ4v) is 4.27. The van der Waals surface area contributed by atoms with Gasteiger partial charge in [0.1, 0.15) is 0 Å². The molecule has 4 rings (SSSR count). The van der Waals surface area contributed by atoms with Crippen LogP contribution in [0.25, 0.3) is 10.9 Å². The minimum Gasteiger partial charge on any atom is -0.293 e. The summed E-state index contributed by atoms with van der Waals surface area (Å²) in [7, 11) is 0. The van der Waals surface area contributed by atoms with Gasteiger partial charge in [-0.25, -0.2) is 9.97 Å². The van der Waals surface area contributed by atoms with Gasteiger partial charge in [-0.05, 0) is 55.7 Å². The maximum absolute atomic E-state index is 12.9. The number of benzene rings is 2. The van der Waals surface area contributed by atoms with E-state index in [0.29, 0.717) is 22.8 Å². The normalized spacial score (nSPS) is 11.1. The first-order valence-corrected chi connectivity index (χ1v) is 10.5. The second-order valence-electron chi connectivity index (χ2n) is 7.39. The number of rotatable bonds is 4. The molecule has 7 heteroatoms. The Hall–Kier alpha value is -3.32. The van der Waals surface area contributed by atoms with Gasteiger partial charge >= 0.3 is 0 Å². The number of hydrogen-bond acceptors (Lipinski definition) is 5. The summed E-state index contributed by atoms with van der Waals surface area (Å²) in [6.07, 6.45) is 1.56. The number of aryl methyl sites for hydroxylation is 3. The lowest BCUT2D eigenvalue weighted by Gasteiger charge is -2.19. The SMILES string of the molecule is CC(=O)N(c1ccc(C)c(C)c1)c1nc(Cn2cnc3c(C)cccc3c2=O)cs1. The maximum atomic E-state index is 12.9. The number of hydrogen-bond donors (Lipinski definition) is 0. The van der Waals surface area contributed by atoms with Gasteiger partial charge in [0.15, 0.2) is 5.13 Å². The lowest BCUT2D eigenvalue weighted by Crippen LogP contribution is -2.23. The van der Waals surface area contributed by atoms with Gasteiger partial charge in [0.25, 0.3) is 5.56 Å². The molecule has 0 unspecified atom stereocenters. The number of para-hydroxylation sites is 1. The van der Waals surface area contributed by atoms with Crippen molar-refractivity contribution in [1.82, 2.24) is 14.5 Å². The topological polar surface area (TPSA) is 68.1 Å². The first-order valence-electron chi connectivity index (χ1n) is 9.62. The number of nitrogens with zero attached hydrogens (tertiary/aromatic N) is 4. The molecule has 0 N–H and O–H groups in total. The minimum atomic E-state index is -0.112.